The van der Waals surface area contributed by atoms with Gasteiger partial charge in [0.05, 0.1) is 0 Å². The van der Waals surface area contributed by atoms with Crippen LogP contribution < -0.4 is 3.07 Å². The number of hydrogen-bond acceptors (Lipinski definition) is 2. The molecule has 0 fully saturated rings. The fourth-order valence-corrected chi connectivity index (χ4v) is 2.06. The number of phenolic OH excluding ortho intramolecular Hbond substituents is 1. The summed E-state index contributed by atoms with van der Waals surface area (Å²) in [7, 11) is 0. The van der Waals surface area contributed by atoms with Crippen LogP contribution in [0, 0.1) is 0 Å². The molecule has 1 aromatic rings. The van der Waals surface area contributed by atoms with Gasteiger partial charge in [-0.1, -0.05) is 0 Å². The Balaban J connectivity index is 0.000000310. The van der Waals surface area contributed by atoms with Crippen LogP contribution in [0.5, 0.6) is 5.75 Å². The fourth-order valence-electron chi connectivity index (χ4n) is 0.566. The van der Waals surface area contributed by atoms with Crippen LogP contribution in [-0.4, -0.2) is 16.2 Å². The molecule has 0 aliphatic rings. The molecule has 0 radical (unpaired) electrons. The molecule has 0 spiro atoms. The van der Waals surface area contributed by atoms with Crippen molar-refractivity contribution in [3.63, 3.8) is 0 Å². The van der Waals surface area contributed by atoms with Crippen LogP contribution >= 0.6 is 15.9 Å². The summed E-state index contributed by atoms with van der Waals surface area (Å²) in [4.78, 5) is 9.00. The first-order chi connectivity index (χ1) is 5.95. The third-order valence-corrected chi connectivity index (χ3v) is 6.28. The summed E-state index contributed by atoms with van der Waals surface area (Å²) in [5, 5.41) is 16.5. The number of carboxylic acid groups (broad SMARTS) is 1. The Kier molecular flexibility index (Phi) is 6.33. The Labute approximate surface area is 101 Å². The summed E-state index contributed by atoms with van der Waals surface area (Å²) in [6.45, 7) is 1.08. The second-order valence-electron chi connectivity index (χ2n) is 2.27. The van der Waals surface area contributed by atoms with Crippen molar-refractivity contribution in [3.05, 3.63) is 22.7 Å². The molecule has 3 nitrogen and oxygen atoms in total. The molecule has 0 amide bonds. The van der Waals surface area contributed by atoms with Crippen LogP contribution in [0.1, 0.15) is 6.92 Å². The number of aromatic hydroxyl groups is 1. The van der Waals surface area contributed by atoms with Gasteiger partial charge in [-0.05, 0) is 0 Å². The topological polar surface area (TPSA) is 57.5 Å². The van der Waals surface area contributed by atoms with E-state index in [0.29, 0.717) is 31.9 Å². The zero-order valence-corrected chi connectivity index (χ0v) is 14.2. The number of benzene rings is 1. The molecule has 0 aliphatic carbocycles. The second-order valence-corrected chi connectivity index (χ2v) is 6.02. The van der Waals surface area contributed by atoms with Gasteiger partial charge in [0.25, 0.3) is 5.97 Å². The molecule has 0 bridgehead atoms. The Hall–Kier alpha value is -0.0949. The third kappa shape index (κ3) is 6.04. The fraction of sp³-hybridized carbons (Fsp3) is 0.125. The molecule has 0 atom stereocenters. The van der Waals surface area contributed by atoms with Gasteiger partial charge in [0.1, 0.15) is 0 Å². The van der Waals surface area contributed by atoms with Gasteiger partial charge in [0.2, 0.25) is 0 Å². The first-order valence-electron chi connectivity index (χ1n) is 3.44. The zero-order chi connectivity index (χ0) is 10.4. The molecular formula is C8H8BrHgO3. The Bertz CT molecular complexity index is 277. The average Bonchev–Trinajstić information content (AvgIpc) is 1.99. The van der Waals surface area contributed by atoms with Crippen LogP contribution in [0.2, 0.25) is 0 Å². The minimum atomic E-state index is -0.833. The van der Waals surface area contributed by atoms with Crippen molar-refractivity contribution in [1.82, 2.24) is 0 Å². The second kappa shape index (κ2) is 6.37. The van der Waals surface area contributed by atoms with Crippen molar-refractivity contribution in [1.29, 1.82) is 0 Å². The van der Waals surface area contributed by atoms with E-state index in [4.69, 9.17) is 15.0 Å². The van der Waals surface area contributed by atoms with E-state index >= 15 is 0 Å². The maximum atomic E-state index is 9.08. The molecule has 0 aromatic heterocycles. The van der Waals surface area contributed by atoms with Gasteiger partial charge in [0, 0.05) is 6.92 Å². The molecule has 0 aliphatic heterocycles. The quantitative estimate of drug-likeness (QED) is 0.610. The van der Waals surface area contributed by atoms with E-state index in [0.717, 1.165) is 11.4 Å². The van der Waals surface area contributed by atoms with E-state index < -0.39 is 5.97 Å². The summed E-state index contributed by atoms with van der Waals surface area (Å²) in [6, 6.07) is 5.57. The van der Waals surface area contributed by atoms with Crippen LogP contribution in [0.25, 0.3) is 0 Å². The van der Waals surface area contributed by atoms with Crippen molar-refractivity contribution >= 4 is 25.0 Å². The monoisotopic (exact) mass is 433 g/mol. The molecule has 67 valence electrons. The van der Waals surface area contributed by atoms with E-state index in [1.54, 1.807) is 6.07 Å². The Morgan fingerprint density at radius 3 is 2.31 bits per heavy atom. The number of halogens is 1. The van der Waals surface area contributed by atoms with E-state index in [2.05, 4.69) is 15.9 Å². The molecule has 1 rings (SSSR count). The van der Waals surface area contributed by atoms with E-state index in [-0.39, 0.29) is 0 Å². The first-order valence-corrected chi connectivity index (χ1v) is 6.98. The predicted molar refractivity (Wildman–Crippen MR) is 48.8 cm³/mol. The van der Waals surface area contributed by atoms with Crippen molar-refractivity contribution in [2.75, 3.05) is 0 Å². The van der Waals surface area contributed by atoms with Crippen LogP contribution in [0.4, 0.5) is 0 Å². The number of carbonyl (C=O) groups is 1. The molecule has 13 heavy (non-hydrogen) atoms. The van der Waals surface area contributed by atoms with E-state index in [1.165, 1.54) is 3.07 Å². The number of rotatable bonds is 0. The summed E-state index contributed by atoms with van der Waals surface area (Å²) in [5.41, 5.74) is 0. The van der Waals surface area contributed by atoms with Gasteiger partial charge in [-0.2, -0.15) is 0 Å². The molecule has 2 N–H and O–H groups in total. The molecule has 0 heterocycles. The van der Waals surface area contributed by atoms with Gasteiger partial charge >= 0.3 is 78.7 Å². The average molecular weight is 433 g/mol. The van der Waals surface area contributed by atoms with Crippen LogP contribution in [0.3, 0.4) is 0 Å². The maximum absolute atomic E-state index is 9.08. The SMILES string of the molecule is CC(=O)O.Oc1ccc[c]([Hg])c1Br. The number of phenols is 1. The van der Waals surface area contributed by atoms with Crippen LogP contribution in [-0.2, 0) is 30.9 Å². The molecule has 5 heteroatoms. The predicted octanol–water partition coefficient (Wildman–Crippen LogP) is 1.42. The van der Waals surface area contributed by atoms with E-state index in [1.807, 2.05) is 12.1 Å². The molecule has 1 aromatic carbocycles. The van der Waals surface area contributed by atoms with Crippen molar-refractivity contribution in [3.8, 4) is 5.75 Å². The van der Waals surface area contributed by atoms with Crippen molar-refractivity contribution in [2.24, 2.45) is 0 Å². The molecule has 0 unspecified atom stereocenters. The van der Waals surface area contributed by atoms with Gasteiger partial charge < -0.3 is 5.11 Å². The first kappa shape index (κ1) is 12.9. The van der Waals surface area contributed by atoms with Gasteiger partial charge in [-0.3, -0.25) is 4.79 Å². The Morgan fingerprint density at radius 2 is 2.00 bits per heavy atom. The van der Waals surface area contributed by atoms with Crippen LogP contribution in [0.15, 0.2) is 22.7 Å². The zero-order valence-electron chi connectivity index (χ0n) is 7.12. The van der Waals surface area contributed by atoms with Gasteiger partial charge in [-0.25, -0.2) is 0 Å². The molecule has 0 saturated heterocycles. The number of carboxylic acids is 1. The summed E-state index contributed by atoms with van der Waals surface area (Å²) in [6.07, 6.45) is 0. The summed E-state index contributed by atoms with van der Waals surface area (Å²) >= 11 is 3.86. The van der Waals surface area contributed by atoms with Crippen molar-refractivity contribution in [2.45, 2.75) is 6.92 Å². The summed E-state index contributed by atoms with van der Waals surface area (Å²) < 4.78 is 2.11. The van der Waals surface area contributed by atoms with Gasteiger partial charge in [0.15, 0.2) is 0 Å². The normalized spacial score (nSPS) is 8.62. The molecule has 0 saturated carbocycles. The van der Waals surface area contributed by atoms with E-state index in [9.17, 15) is 0 Å². The van der Waals surface area contributed by atoms with Crippen molar-refractivity contribution < 1.29 is 41.1 Å². The standard InChI is InChI=1S/C6H4BrO.C2H4O2.Hg/c7-5-3-1-2-4-6(5)8;1-2(3)4;/h1-2,4,8H;1H3,(H,3,4);. The minimum absolute atomic E-state index is 0.350. The summed E-state index contributed by atoms with van der Waals surface area (Å²) in [5.74, 6) is -0.484. The Morgan fingerprint density at radius 1 is 1.54 bits per heavy atom. The number of hydrogen-bond donors (Lipinski definition) is 2. The number of aliphatic carboxylic acids is 1. The van der Waals surface area contributed by atoms with Gasteiger partial charge in [-0.15, -0.1) is 0 Å². The third-order valence-electron chi connectivity index (χ3n) is 1.06. The molecular weight excluding hydrogens is 425 g/mol.